The van der Waals surface area contributed by atoms with Gasteiger partial charge in [0.2, 0.25) is 5.43 Å². The Bertz CT molecular complexity index is 1520. The van der Waals surface area contributed by atoms with Crippen molar-refractivity contribution >= 4 is 5.91 Å². The van der Waals surface area contributed by atoms with Gasteiger partial charge in [0.05, 0.1) is 0 Å². The summed E-state index contributed by atoms with van der Waals surface area (Å²) in [6.07, 6.45) is 5.59. The summed E-state index contributed by atoms with van der Waals surface area (Å²) in [5.41, 5.74) is 5.59. The minimum absolute atomic E-state index is 0.00126. The summed E-state index contributed by atoms with van der Waals surface area (Å²) in [5, 5.41) is 0. The van der Waals surface area contributed by atoms with Crippen LogP contribution in [0.2, 0.25) is 0 Å². The Balaban J connectivity index is 1.22. The second-order valence-electron chi connectivity index (χ2n) is 9.02. The lowest BCUT2D eigenvalue weighted by atomic mass is 10.0. The van der Waals surface area contributed by atoms with E-state index < -0.39 is 5.82 Å². The van der Waals surface area contributed by atoms with Gasteiger partial charge in [-0.3, -0.25) is 14.3 Å². The molecule has 4 aromatic rings. The van der Waals surface area contributed by atoms with Crippen LogP contribution in [0.25, 0.3) is 0 Å². The molecule has 8 heteroatoms. The number of rotatable bonds is 10. The first-order valence-corrected chi connectivity index (χ1v) is 12.6. The van der Waals surface area contributed by atoms with Crippen LogP contribution in [0, 0.1) is 5.82 Å². The van der Waals surface area contributed by atoms with Crippen molar-refractivity contribution in [3.63, 3.8) is 0 Å². The van der Waals surface area contributed by atoms with Crippen molar-refractivity contribution in [1.29, 1.82) is 0 Å². The lowest BCUT2D eigenvalue weighted by Gasteiger charge is -2.31. The number of amides is 1. The molecule has 2 heterocycles. The van der Waals surface area contributed by atoms with Gasteiger partial charge in [-0.2, -0.15) is 0 Å². The van der Waals surface area contributed by atoms with Crippen LogP contribution < -0.4 is 20.3 Å². The molecule has 198 valence electrons. The van der Waals surface area contributed by atoms with Crippen molar-refractivity contribution in [2.24, 2.45) is 0 Å². The number of benzene rings is 3. The number of aromatic nitrogens is 1. The number of fused-ring (bicyclic) bond motifs is 1. The van der Waals surface area contributed by atoms with E-state index in [4.69, 9.17) is 9.47 Å². The molecule has 0 fully saturated rings. The molecule has 0 saturated carbocycles. The molecule has 3 aromatic carbocycles. The number of pyridine rings is 1. The third-order valence-electron chi connectivity index (χ3n) is 6.30. The lowest BCUT2D eigenvalue weighted by molar-refractivity contribution is 0.0738. The molecule has 0 aliphatic carbocycles. The highest BCUT2D eigenvalue weighted by Crippen LogP contribution is 2.25. The van der Waals surface area contributed by atoms with Crippen LogP contribution in [0.5, 0.6) is 11.5 Å². The standard InChI is InChI=1S/C31H28FN3O4/c32-26-15-9-14-25(20-23-10-3-1-4-11-23)29(26)38-19-8-7-17-34-22-33-35-18-16-27(36)30(28(35)31(34)37)39-21-24-12-5-2-6-13-24/h1-16,18,33H,17,19-22H2/b8-7-. The molecule has 0 radical (unpaired) electrons. The molecule has 0 atom stereocenters. The number of halogens is 1. The van der Waals surface area contributed by atoms with Gasteiger partial charge in [0, 0.05) is 30.8 Å². The third kappa shape index (κ3) is 6.18. The quantitative estimate of drug-likeness (QED) is 0.303. The zero-order chi connectivity index (χ0) is 27.0. The van der Waals surface area contributed by atoms with Crippen LogP contribution in [0.15, 0.2) is 108 Å². The third-order valence-corrected chi connectivity index (χ3v) is 6.30. The summed E-state index contributed by atoms with van der Waals surface area (Å²) in [6, 6.07) is 25.5. The van der Waals surface area contributed by atoms with Crippen LogP contribution in [-0.2, 0) is 13.0 Å². The van der Waals surface area contributed by atoms with E-state index in [0.29, 0.717) is 6.42 Å². The Hall–Kier alpha value is -4.85. The van der Waals surface area contributed by atoms with Crippen LogP contribution in [-0.4, -0.2) is 35.3 Å². The zero-order valence-corrected chi connectivity index (χ0v) is 21.3. The smallest absolute Gasteiger partial charge is 0.278 e. The molecule has 0 unspecified atom stereocenters. The van der Waals surface area contributed by atoms with Gasteiger partial charge in [-0.05, 0) is 23.3 Å². The molecule has 1 N–H and O–H groups in total. The minimum Gasteiger partial charge on any atom is -0.486 e. The summed E-state index contributed by atoms with van der Waals surface area (Å²) in [4.78, 5) is 27.4. The maximum atomic E-state index is 14.5. The van der Waals surface area contributed by atoms with Gasteiger partial charge in [0.25, 0.3) is 5.91 Å². The summed E-state index contributed by atoms with van der Waals surface area (Å²) >= 11 is 0. The summed E-state index contributed by atoms with van der Waals surface area (Å²) in [5.74, 6) is -0.534. The number of nitrogens with zero attached hydrogens (tertiary/aromatic N) is 2. The number of hydrogen-bond acceptors (Lipinski definition) is 5. The van der Waals surface area contributed by atoms with Crippen molar-refractivity contribution in [1.82, 2.24) is 9.58 Å². The molecular weight excluding hydrogens is 497 g/mol. The second kappa shape index (κ2) is 12.1. The molecule has 0 bridgehead atoms. The molecule has 7 nitrogen and oxygen atoms in total. The SMILES string of the molecule is O=C1c2c(OCc3ccccc3)c(=O)ccn2NCN1C/C=C\COc1c(F)cccc1Cc1ccccc1. The molecule has 0 spiro atoms. The van der Waals surface area contributed by atoms with Gasteiger partial charge < -0.3 is 19.8 Å². The first-order chi connectivity index (χ1) is 19.1. The van der Waals surface area contributed by atoms with Crippen molar-refractivity contribution in [3.05, 3.63) is 142 Å². The van der Waals surface area contributed by atoms with Crippen LogP contribution in [0.3, 0.4) is 0 Å². The Morgan fingerprint density at radius 2 is 1.56 bits per heavy atom. The van der Waals surface area contributed by atoms with E-state index >= 15 is 0 Å². The highest BCUT2D eigenvalue weighted by molar-refractivity contribution is 5.96. The average Bonchev–Trinajstić information content (AvgIpc) is 2.96. The molecule has 1 aromatic heterocycles. The number of carbonyl (C=O) groups excluding carboxylic acids is 1. The van der Waals surface area contributed by atoms with Gasteiger partial charge in [-0.15, -0.1) is 0 Å². The maximum Gasteiger partial charge on any atom is 0.278 e. The van der Waals surface area contributed by atoms with E-state index in [2.05, 4.69) is 5.43 Å². The number of para-hydroxylation sites is 1. The first kappa shape index (κ1) is 25.8. The van der Waals surface area contributed by atoms with Crippen LogP contribution >= 0.6 is 0 Å². The van der Waals surface area contributed by atoms with Crippen LogP contribution in [0.4, 0.5) is 4.39 Å². The van der Waals surface area contributed by atoms with E-state index in [9.17, 15) is 14.0 Å². The van der Waals surface area contributed by atoms with Gasteiger partial charge >= 0.3 is 0 Å². The average molecular weight is 526 g/mol. The van der Waals surface area contributed by atoms with E-state index in [0.717, 1.165) is 16.7 Å². The lowest BCUT2D eigenvalue weighted by Crippen LogP contribution is -2.46. The van der Waals surface area contributed by atoms with Crippen molar-refractivity contribution in [2.75, 3.05) is 25.2 Å². The molecule has 5 rings (SSSR count). The van der Waals surface area contributed by atoms with E-state index in [1.54, 1.807) is 23.1 Å². The van der Waals surface area contributed by atoms with E-state index in [-0.39, 0.29) is 55.0 Å². The summed E-state index contributed by atoms with van der Waals surface area (Å²) < 4.78 is 27.6. The number of nitrogens with one attached hydrogen (secondary N) is 1. The molecule has 1 amide bonds. The maximum absolute atomic E-state index is 14.5. The Morgan fingerprint density at radius 1 is 0.821 bits per heavy atom. The van der Waals surface area contributed by atoms with Gasteiger partial charge in [-0.1, -0.05) is 78.9 Å². The van der Waals surface area contributed by atoms with Crippen molar-refractivity contribution < 1.29 is 18.7 Å². The monoisotopic (exact) mass is 525 g/mol. The van der Waals surface area contributed by atoms with Crippen LogP contribution in [0.1, 0.15) is 27.2 Å². The van der Waals surface area contributed by atoms with Gasteiger partial charge in [0.1, 0.15) is 19.9 Å². The topological polar surface area (TPSA) is 72.8 Å². The molecule has 1 aliphatic heterocycles. The molecule has 39 heavy (non-hydrogen) atoms. The first-order valence-electron chi connectivity index (χ1n) is 12.6. The second-order valence-corrected chi connectivity index (χ2v) is 9.02. The fraction of sp³-hybridized carbons (Fsp3) is 0.161. The predicted octanol–water partition coefficient (Wildman–Crippen LogP) is 4.75. The molecule has 1 aliphatic rings. The molecular formula is C31H28FN3O4. The largest absolute Gasteiger partial charge is 0.486 e. The normalized spacial score (nSPS) is 12.7. The fourth-order valence-corrected chi connectivity index (χ4v) is 4.32. The predicted molar refractivity (Wildman–Crippen MR) is 147 cm³/mol. The molecule has 0 saturated heterocycles. The van der Waals surface area contributed by atoms with E-state index in [1.807, 2.05) is 66.7 Å². The van der Waals surface area contributed by atoms with Crippen molar-refractivity contribution in [2.45, 2.75) is 13.0 Å². The Labute approximate surface area is 225 Å². The minimum atomic E-state index is -0.419. The highest BCUT2D eigenvalue weighted by Gasteiger charge is 2.28. The summed E-state index contributed by atoms with van der Waals surface area (Å²) in [6.45, 7) is 0.816. The number of hydrogen-bond donors (Lipinski definition) is 1. The van der Waals surface area contributed by atoms with Gasteiger partial charge in [0.15, 0.2) is 23.0 Å². The van der Waals surface area contributed by atoms with E-state index in [1.165, 1.54) is 23.0 Å². The zero-order valence-electron chi connectivity index (χ0n) is 21.3. The Morgan fingerprint density at radius 3 is 2.33 bits per heavy atom. The van der Waals surface area contributed by atoms with Gasteiger partial charge in [-0.25, -0.2) is 4.39 Å². The van der Waals surface area contributed by atoms with Crippen molar-refractivity contribution in [3.8, 4) is 11.5 Å². The fourth-order valence-electron chi connectivity index (χ4n) is 4.32. The number of ether oxygens (including phenoxy) is 2. The number of carbonyl (C=O) groups is 1. The highest BCUT2D eigenvalue weighted by atomic mass is 19.1. The summed E-state index contributed by atoms with van der Waals surface area (Å²) in [7, 11) is 0. The Kier molecular flexibility index (Phi) is 8.02.